The molecule has 1 N–H and O–H groups in total. The Bertz CT molecular complexity index is 1330. The summed E-state index contributed by atoms with van der Waals surface area (Å²) in [5.74, 6) is 0. The highest BCUT2D eigenvalue weighted by atomic mass is 15.5. The van der Waals surface area contributed by atoms with E-state index < -0.39 is 0 Å². The Kier molecular flexibility index (Phi) is 3.70. The van der Waals surface area contributed by atoms with Crippen molar-refractivity contribution in [1.29, 1.82) is 0 Å². The predicted octanol–water partition coefficient (Wildman–Crippen LogP) is 3.10. The topological polar surface area (TPSA) is 79.9 Å². The number of fused-ring (bicyclic) bond motifs is 2. The highest BCUT2D eigenvalue weighted by Crippen LogP contribution is 2.37. The van der Waals surface area contributed by atoms with E-state index >= 15 is 0 Å². The first-order valence-electron chi connectivity index (χ1n) is 9.98. The van der Waals surface area contributed by atoms with Crippen molar-refractivity contribution in [2.45, 2.75) is 19.4 Å². The molecule has 1 aromatic carbocycles. The Hall–Kier alpha value is -3.94. The van der Waals surface area contributed by atoms with Crippen molar-refractivity contribution in [1.82, 2.24) is 34.6 Å². The van der Waals surface area contributed by atoms with E-state index in [0.717, 1.165) is 41.2 Å². The monoisotopic (exact) mass is 396 g/mol. The van der Waals surface area contributed by atoms with Crippen LogP contribution in [0.1, 0.15) is 28.7 Å². The number of aryl methyl sites for hydroxylation is 1. The molecule has 8 nitrogen and oxygen atoms in total. The molecule has 0 radical (unpaired) electrons. The molecule has 0 saturated carbocycles. The molecule has 6 rings (SSSR count). The van der Waals surface area contributed by atoms with Crippen molar-refractivity contribution in [3.05, 3.63) is 90.0 Å². The van der Waals surface area contributed by atoms with Gasteiger partial charge in [0.15, 0.2) is 0 Å². The molecule has 0 bridgehead atoms. The van der Waals surface area contributed by atoms with Gasteiger partial charge in [-0.05, 0) is 42.8 Å². The van der Waals surface area contributed by atoms with Crippen LogP contribution in [0.3, 0.4) is 0 Å². The molecule has 1 aliphatic rings. The number of H-pyrrole nitrogens is 1. The standard InChI is InChI=1S/C22H20N8/c1-15-4-3-10-29-20(15)13-19(27-29)22-21-18(23-14-24-21)7-11-28(22)16-5-2-6-17(12-16)30-25-8-9-26-30/h2-6,8-10,12-14,22H,7,11H2,1H3,(H,23,24). The van der Waals surface area contributed by atoms with Crippen LogP contribution in [0.25, 0.3) is 11.2 Å². The molecule has 1 atom stereocenters. The van der Waals surface area contributed by atoms with Gasteiger partial charge in [0.2, 0.25) is 0 Å². The summed E-state index contributed by atoms with van der Waals surface area (Å²) in [4.78, 5) is 12.0. The molecule has 4 aromatic heterocycles. The Morgan fingerprint density at radius 1 is 1.03 bits per heavy atom. The highest BCUT2D eigenvalue weighted by molar-refractivity contribution is 5.60. The van der Waals surface area contributed by atoms with Crippen LogP contribution < -0.4 is 4.90 Å². The van der Waals surface area contributed by atoms with E-state index in [0.29, 0.717) is 0 Å². The van der Waals surface area contributed by atoms with E-state index in [1.54, 1.807) is 23.5 Å². The lowest BCUT2D eigenvalue weighted by Crippen LogP contribution is -2.36. The van der Waals surface area contributed by atoms with Crippen molar-refractivity contribution >= 4 is 11.2 Å². The molecule has 0 aliphatic carbocycles. The van der Waals surface area contributed by atoms with E-state index in [-0.39, 0.29) is 6.04 Å². The second kappa shape index (κ2) is 6.55. The molecule has 0 spiro atoms. The minimum atomic E-state index is -0.0693. The first-order chi connectivity index (χ1) is 14.8. The van der Waals surface area contributed by atoms with Crippen LogP contribution >= 0.6 is 0 Å². The summed E-state index contributed by atoms with van der Waals surface area (Å²) in [5.41, 5.74) is 7.53. The van der Waals surface area contributed by atoms with Gasteiger partial charge >= 0.3 is 0 Å². The van der Waals surface area contributed by atoms with Gasteiger partial charge in [-0.2, -0.15) is 20.1 Å². The van der Waals surface area contributed by atoms with Crippen LogP contribution in [0.4, 0.5) is 5.69 Å². The molecule has 1 unspecified atom stereocenters. The van der Waals surface area contributed by atoms with Crippen LogP contribution in [0.15, 0.2) is 67.4 Å². The Labute approximate surface area is 172 Å². The maximum Gasteiger partial charge on any atom is 0.117 e. The van der Waals surface area contributed by atoms with Crippen molar-refractivity contribution in [3.8, 4) is 5.69 Å². The van der Waals surface area contributed by atoms with Crippen molar-refractivity contribution in [2.75, 3.05) is 11.4 Å². The molecule has 30 heavy (non-hydrogen) atoms. The van der Waals surface area contributed by atoms with E-state index in [2.05, 4.69) is 56.3 Å². The van der Waals surface area contributed by atoms with Crippen molar-refractivity contribution in [3.63, 3.8) is 0 Å². The van der Waals surface area contributed by atoms with Crippen LogP contribution in [0.2, 0.25) is 0 Å². The van der Waals surface area contributed by atoms with Crippen LogP contribution in [0, 0.1) is 6.92 Å². The van der Waals surface area contributed by atoms with Crippen molar-refractivity contribution < 1.29 is 0 Å². The average Bonchev–Trinajstić information content (AvgIpc) is 3.53. The lowest BCUT2D eigenvalue weighted by Gasteiger charge is -2.36. The third-order valence-corrected chi connectivity index (χ3v) is 5.75. The van der Waals surface area contributed by atoms with Gasteiger partial charge in [0.05, 0.1) is 41.3 Å². The number of aromatic nitrogens is 7. The summed E-state index contributed by atoms with van der Waals surface area (Å²) in [6, 6.07) is 14.5. The van der Waals surface area contributed by atoms with Crippen LogP contribution in [-0.2, 0) is 6.42 Å². The smallest absolute Gasteiger partial charge is 0.117 e. The first-order valence-corrected chi connectivity index (χ1v) is 9.98. The fourth-order valence-corrected chi connectivity index (χ4v) is 4.31. The normalized spacial score (nSPS) is 16.2. The second-order valence-electron chi connectivity index (χ2n) is 7.54. The predicted molar refractivity (Wildman–Crippen MR) is 113 cm³/mol. The summed E-state index contributed by atoms with van der Waals surface area (Å²) in [7, 11) is 0. The molecule has 5 aromatic rings. The quantitative estimate of drug-likeness (QED) is 0.507. The third-order valence-electron chi connectivity index (χ3n) is 5.75. The maximum atomic E-state index is 4.91. The SMILES string of the molecule is Cc1cccn2nc(C3c4nc[nH]c4CCN3c3cccc(-n4nccn4)c3)cc12. The lowest BCUT2D eigenvalue weighted by molar-refractivity contribution is 0.616. The number of nitrogens with one attached hydrogen (secondary N) is 1. The Balaban J connectivity index is 1.50. The Morgan fingerprint density at radius 2 is 1.90 bits per heavy atom. The van der Waals surface area contributed by atoms with Gasteiger partial charge in [-0.25, -0.2) is 9.50 Å². The molecule has 148 valence electrons. The van der Waals surface area contributed by atoms with Gasteiger partial charge < -0.3 is 9.88 Å². The molecule has 8 heteroatoms. The molecular weight excluding hydrogens is 376 g/mol. The number of hydrogen-bond acceptors (Lipinski definition) is 5. The number of nitrogens with zero attached hydrogens (tertiary/aromatic N) is 7. The molecule has 0 fully saturated rings. The summed E-state index contributed by atoms with van der Waals surface area (Å²) < 4.78 is 1.95. The second-order valence-corrected chi connectivity index (χ2v) is 7.54. The van der Waals surface area contributed by atoms with Gasteiger partial charge in [0, 0.05) is 30.5 Å². The Morgan fingerprint density at radius 3 is 2.77 bits per heavy atom. The number of pyridine rings is 1. The zero-order chi connectivity index (χ0) is 20.1. The first kappa shape index (κ1) is 17.0. The zero-order valence-corrected chi connectivity index (χ0v) is 16.5. The number of anilines is 1. The zero-order valence-electron chi connectivity index (χ0n) is 16.5. The molecule has 0 saturated heterocycles. The van der Waals surface area contributed by atoms with E-state index in [1.165, 1.54) is 11.3 Å². The highest BCUT2D eigenvalue weighted by Gasteiger charge is 2.33. The van der Waals surface area contributed by atoms with Crippen molar-refractivity contribution in [2.24, 2.45) is 0 Å². The lowest BCUT2D eigenvalue weighted by atomic mass is 9.98. The molecular formula is C22H20N8. The van der Waals surface area contributed by atoms with Gasteiger partial charge in [-0.1, -0.05) is 12.1 Å². The minimum Gasteiger partial charge on any atom is -0.357 e. The van der Waals surface area contributed by atoms with Gasteiger partial charge in [-0.3, -0.25) is 0 Å². The molecule has 1 aliphatic heterocycles. The van der Waals surface area contributed by atoms with E-state index in [9.17, 15) is 0 Å². The van der Waals surface area contributed by atoms with Gasteiger partial charge in [0.25, 0.3) is 0 Å². The third kappa shape index (κ3) is 2.61. The van der Waals surface area contributed by atoms with E-state index in [1.807, 2.05) is 28.9 Å². The summed E-state index contributed by atoms with van der Waals surface area (Å²) in [6.07, 6.45) is 8.06. The number of rotatable bonds is 3. The number of benzene rings is 1. The van der Waals surface area contributed by atoms with Crippen LogP contribution in [-0.4, -0.2) is 41.1 Å². The number of hydrogen-bond donors (Lipinski definition) is 1. The van der Waals surface area contributed by atoms with Gasteiger partial charge in [-0.15, -0.1) is 0 Å². The van der Waals surface area contributed by atoms with E-state index in [4.69, 9.17) is 5.10 Å². The summed E-state index contributed by atoms with van der Waals surface area (Å²) >= 11 is 0. The number of aromatic amines is 1. The largest absolute Gasteiger partial charge is 0.357 e. The molecule has 5 heterocycles. The fourth-order valence-electron chi connectivity index (χ4n) is 4.31. The maximum absolute atomic E-state index is 4.91. The van der Waals surface area contributed by atoms with Gasteiger partial charge in [0.1, 0.15) is 6.04 Å². The minimum absolute atomic E-state index is 0.0693. The summed E-state index contributed by atoms with van der Waals surface area (Å²) in [6.45, 7) is 2.97. The number of imidazole rings is 1. The summed E-state index contributed by atoms with van der Waals surface area (Å²) in [5, 5.41) is 13.5. The fraction of sp³-hybridized carbons (Fsp3) is 0.182. The van der Waals surface area contributed by atoms with Crippen LogP contribution in [0.5, 0.6) is 0 Å². The average molecular weight is 396 g/mol. The molecule has 0 amide bonds.